The van der Waals surface area contributed by atoms with Crippen molar-refractivity contribution in [1.29, 1.82) is 0 Å². The van der Waals surface area contributed by atoms with Gasteiger partial charge in [0.15, 0.2) is 17.5 Å². The largest absolute Gasteiger partial charge is 0.496 e. The second-order valence-electron chi connectivity index (χ2n) is 6.89. The van der Waals surface area contributed by atoms with Gasteiger partial charge >= 0.3 is 0 Å². The molecule has 0 saturated carbocycles. The van der Waals surface area contributed by atoms with E-state index < -0.39 is 0 Å². The SMILES string of the molecule is CCNC(=NCc1cc(OC)c(OC)cc1OC)NCCc1c[nH]c2ccc(F)cc12.I. The molecular formula is C23H30FIN4O3. The monoisotopic (exact) mass is 556 g/mol. The molecule has 0 saturated heterocycles. The quantitative estimate of drug-likeness (QED) is 0.209. The predicted molar refractivity (Wildman–Crippen MR) is 136 cm³/mol. The first-order valence-electron chi connectivity index (χ1n) is 10.2. The summed E-state index contributed by atoms with van der Waals surface area (Å²) in [5.74, 6) is 2.36. The van der Waals surface area contributed by atoms with Crippen LogP contribution in [-0.2, 0) is 13.0 Å². The number of aliphatic imine (C=N–C) groups is 1. The van der Waals surface area contributed by atoms with Gasteiger partial charge in [-0.05, 0) is 43.2 Å². The van der Waals surface area contributed by atoms with Gasteiger partial charge in [0.2, 0.25) is 0 Å². The number of ether oxygens (including phenoxy) is 3. The first-order chi connectivity index (χ1) is 15.1. The Bertz CT molecular complexity index is 1060. The van der Waals surface area contributed by atoms with Crippen molar-refractivity contribution in [2.45, 2.75) is 19.9 Å². The van der Waals surface area contributed by atoms with Crippen molar-refractivity contribution in [2.24, 2.45) is 4.99 Å². The number of aromatic amines is 1. The van der Waals surface area contributed by atoms with Crippen molar-refractivity contribution in [2.75, 3.05) is 34.4 Å². The zero-order valence-electron chi connectivity index (χ0n) is 18.8. The smallest absolute Gasteiger partial charge is 0.191 e. The van der Waals surface area contributed by atoms with Crippen LogP contribution in [-0.4, -0.2) is 45.4 Å². The van der Waals surface area contributed by atoms with Crippen LogP contribution in [0.1, 0.15) is 18.1 Å². The molecule has 0 unspecified atom stereocenters. The predicted octanol–water partition coefficient (Wildman–Crippen LogP) is 4.25. The molecule has 3 rings (SSSR count). The van der Waals surface area contributed by atoms with E-state index in [9.17, 15) is 4.39 Å². The number of nitrogens with one attached hydrogen (secondary N) is 3. The van der Waals surface area contributed by atoms with E-state index >= 15 is 0 Å². The highest BCUT2D eigenvalue weighted by Crippen LogP contribution is 2.34. The number of hydrogen-bond acceptors (Lipinski definition) is 4. The molecule has 0 atom stereocenters. The van der Waals surface area contributed by atoms with Crippen molar-refractivity contribution >= 4 is 40.8 Å². The van der Waals surface area contributed by atoms with Crippen molar-refractivity contribution in [3.63, 3.8) is 0 Å². The Balaban J connectivity index is 0.00000363. The van der Waals surface area contributed by atoms with E-state index in [2.05, 4.69) is 20.6 Å². The van der Waals surface area contributed by atoms with Gasteiger partial charge in [-0.25, -0.2) is 9.38 Å². The van der Waals surface area contributed by atoms with E-state index in [1.54, 1.807) is 39.5 Å². The molecule has 0 bridgehead atoms. The molecule has 0 fully saturated rings. The lowest BCUT2D eigenvalue weighted by Crippen LogP contribution is -2.38. The molecule has 9 heteroatoms. The number of benzene rings is 2. The maximum Gasteiger partial charge on any atom is 0.191 e. The molecule has 3 N–H and O–H groups in total. The molecule has 0 spiro atoms. The minimum Gasteiger partial charge on any atom is -0.496 e. The van der Waals surface area contributed by atoms with E-state index in [1.165, 1.54) is 6.07 Å². The fraction of sp³-hybridized carbons (Fsp3) is 0.348. The van der Waals surface area contributed by atoms with Crippen molar-refractivity contribution in [1.82, 2.24) is 15.6 Å². The van der Waals surface area contributed by atoms with Gasteiger partial charge in [0.25, 0.3) is 0 Å². The zero-order chi connectivity index (χ0) is 22.2. The third-order valence-electron chi connectivity index (χ3n) is 4.95. The Morgan fingerprint density at radius 1 is 0.969 bits per heavy atom. The van der Waals surface area contributed by atoms with Gasteiger partial charge in [-0.3, -0.25) is 0 Å². The molecule has 7 nitrogen and oxygen atoms in total. The van der Waals surface area contributed by atoms with Crippen molar-refractivity contribution < 1.29 is 18.6 Å². The molecule has 0 radical (unpaired) electrons. The molecule has 174 valence electrons. The lowest BCUT2D eigenvalue weighted by Gasteiger charge is -2.14. The maximum atomic E-state index is 13.6. The lowest BCUT2D eigenvalue weighted by molar-refractivity contribution is 0.347. The average molecular weight is 556 g/mol. The summed E-state index contributed by atoms with van der Waals surface area (Å²) in [7, 11) is 4.80. The van der Waals surface area contributed by atoms with Crippen molar-refractivity contribution in [3.8, 4) is 17.2 Å². The molecule has 2 aromatic carbocycles. The van der Waals surface area contributed by atoms with Gasteiger partial charge in [0.05, 0.1) is 27.9 Å². The summed E-state index contributed by atoms with van der Waals surface area (Å²) in [6.45, 7) is 3.79. The number of guanidine groups is 1. The van der Waals surface area contributed by atoms with Gasteiger partial charge < -0.3 is 29.8 Å². The minimum absolute atomic E-state index is 0. The highest BCUT2D eigenvalue weighted by molar-refractivity contribution is 14.0. The van der Waals surface area contributed by atoms with Crippen LogP contribution < -0.4 is 24.8 Å². The van der Waals surface area contributed by atoms with Gasteiger partial charge in [0.1, 0.15) is 11.6 Å². The molecular weight excluding hydrogens is 526 g/mol. The normalized spacial score (nSPS) is 11.1. The number of H-pyrrole nitrogens is 1. The first kappa shape index (κ1) is 25.6. The fourth-order valence-corrected chi connectivity index (χ4v) is 3.40. The van der Waals surface area contributed by atoms with Crippen LogP contribution in [0.25, 0.3) is 10.9 Å². The van der Waals surface area contributed by atoms with E-state index in [0.29, 0.717) is 36.3 Å². The Morgan fingerprint density at radius 3 is 2.38 bits per heavy atom. The van der Waals surface area contributed by atoms with E-state index in [0.717, 1.165) is 35.0 Å². The summed E-state index contributed by atoms with van der Waals surface area (Å²) < 4.78 is 29.8. The molecule has 0 aliphatic rings. The third kappa shape index (κ3) is 6.18. The lowest BCUT2D eigenvalue weighted by atomic mass is 10.1. The standard InChI is InChI=1S/C23H29FN4O3.HI/c1-5-25-23(26-9-8-15-13-27-19-7-6-17(24)11-18(15)19)28-14-16-10-21(30-3)22(31-4)12-20(16)29-2;/h6-7,10-13,27H,5,8-9,14H2,1-4H3,(H2,25,26,28);1H. The number of nitrogens with zero attached hydrogens (tertiary/aromatic N) is 1. The molecule has 32 heavy (non-hydrogen) atoms. The summed E-state index contributed by atoms with van der Waals surface area (Å²) in [4.78, 5) is 7.85. The summed E-state index contributed by atoms with van der Waals surface area (Å²) in [5, 5.41) is 7.48. The number of rotatable bonds is 9. The van der Waals surface area contributed by atoms with Crippen LogP contribution in [0.5, 0.6) is 17.2 Å². The van der Waals surface area contributed by atoms with Gasteiger partial charge in [-0.15, -0.1) is 24.0 Å². The third-order valence-corrected chi connectivity index (χ3v) is 4.95. The number of hydrogen-bond donors (Lipinski definition) is 3. The molecule has 0 aliphatic carbocycles. The summed E-state index contributed by atoms with van der Waals surface area (Å²) in [6.07, 6.45) is 2.65. The highest BCUT2D eigenvalue weighted by atomic mass is 127. The fourth-order valence-electron chi connectivity index (χ4n) is 3.40. The summed E-state index contributed by atoms with van der Waals surface area (Å²) >= 11 is 0. The van der Waals surface area contributed by atoms with Crippen LogP contribution in [0.4, 0.5) is 4.39 Å². The highest BCUT2D eigenvalue weighted by Gasteiger charge is 2.12. The number of methoxy groups -OCH3 is 3. The Labute approximate surface area is 204 Å². The van der Waals surface area contributed by atoms with Gasteiger partial charge in [-0.1, -0.05) is 0 Å². The maximum absolute atomic E-state index is 13.6. The number of halogens is 2. The zero-order valence-corrected chi connectivity index (χ0v) is 21.1. The first-order valence-corrected chi connectivity index (χ1v) is 10.2. The van der Waals surface area contributed by atoms with Crippen LogP contribution in [0.3, 0.4) is 0 Å². The van der Waals surface area contributed by atoms with E-state index in [4.69, 9.17) is 14.2 Å². The second kappa shape index (κ2) is 12.4. The molecule has 3 aromatic rings. The Morgan fingerprint density at radius 2 is 1.69 bits per heavy atom. The van der Waals surface area contributed by atoms with Crippen LogP contribution >= 0.6 is 24.0 Å². The Hall–Kier alpha value is -2.69. The Kier molecular flexibility index (Phi) is 9.89. The summed E-state index contributed by atoms with van der Waals surface area (Å²) in [5.41, 5.74) is 2.86. The van der Waals surface area contributed by atoms with Crippen molar-refractivity contribution in [3.05, 3.63) is 53.5 Å². The molecule has 0 aliphatic heterocycles. The topological polar surface area (TPSA) is 79.9 Å². The second-order valence-corrected chi connectivity index (χ2v) is 6.89. The molecule has 1 aromatic heterocycles. The average Bonchev–Trinajstić information content (AvgIpc) is 3.18. The summed E-state index contributed by atoms with van der Waals surface area (Å²) in [6, 6.07) is 8.43. The van der Waals surface area contributed by atoms with Crippen LogP contribution in [0.2, 0.25) is 0 Å². The minimum atomic E-state index is -0.236. The number of aromatic nitrogens is 1. The van der Waals surface area contributed by atoms with Gasteiger partial charge in [-0.2, -0.15) is 0 Å². The van der Waals surface area contributed by atoms with Gasteiger partial charge in [0, 0.05) is 41.8 Å². The molecule has 1 heterocycles. The van der Waals surface area contributed by atoms with E-state index in [1.807, 2.05) is 19.2 Å². The van der Waals surface area contributed by atoms with Crippen LogP contribution in [0, 0.1) is 5.82 Å². The van der Waals surface area contributed by atoms with Crippen LogP contribution in [0.15, 0.2) is 41.5 Å². The number of fused-ring (bicyclic) bond motifs is 1. The van der Waals surface area contributed by atoms with E-state index in [-0.39, 0.29) is 29.8 Å². The molecule has 0 amide bonds.